The van der Waals surface area contributed by atoms with Crippen LogP contribution in [0.4, 0.5) is 5.69 Å². The van der Waals surface area contributed by atoms with Crippen LogP contribution in [-0.2, 0) is 0 Å². The first-order valence-corrected chi connectivity index (χ1v) is 7.70. The Morgan fingerprint density at radius 1 is 1.38 bits per heavy atom. The molecule has 0 aliphatic carbocycles. The Morgan fingerprint density at radius 3 is 2.58 bits per heavy atom. The van der Waals surface area contributed by atoms with Crippen LogP contribution >= 0.6 is 24.8 Å². The van der Waals surface area contributed by atoms with Crippen LogP contribution in [0.5, 0.6) is 0 Å². The van der Waals surface area contributed by atoms with E-state index in [-0.39, 0.29) is 48.0 Å². The van der Waals surface area contributed by atoms with E-state index in [9.17, 15) is 14.9 Å². The number of halogens is 2. The van der Waals surface area contributed by atoms with Gasteiger partial charge in [0.15, 0.2) is 0 Å². The summed E-state index contributed by atoms with van der Waals surface area (Å²) in [5.74, 6) is 0.0168. The molecule has 0 aliphatic heterocycles. The number of carbonyl (C=O) groups is 1. The zero-order valence-corrected chi connectivity index (χ0v) is 16.1. The molecular formula is C16H23Cl2N5O3. The Labute approximate surface area is 164 Å². The molecular weight excluding hydrogens is 381 g/mol. The third-order valence-corrected chi connectivity index (χ3v) is 3.59. The third kappa shape index (κ3) is 5.98. The topological polar surface area (TPSA) is 116 Å². The highest BCUT2D eigenvalue weighted by Crippen LogP contribution is 2.24. The summed E-state index contributed by atoms with van der Waals surface area (Å²) in [6.45, 7) is 4.40. The van der Waals surface area contributed by atoms with Gasteiger partial charge in [0.05, 0.1) is 11.3 Å². The van der Waals surface area contributed by atoms with Gasteiger partial charge in [-0.05, 0) is 24.5 Å². The van der Waals surface area contributed by atoms with Gasteiger partial charge in [0, 0.05) is 36.6 Å². The summed E-state index contributed by atoms with van der Waals surface area (Å²) in [4.78, 5) is 27.1. The van der Waals surface area contributed by atoms with Gasteiger partial charge < -0.3 is 15.6 Å². The van der Waals surface area contributed by atoms with E-state index in [1.165, 1.54) is 29.2 Å². The Hall–Kier alpha value is -2.16. The molecule has 10 heteroatoms. The smallest absolute Gasteiger partial charge is 0.294 e. The molecule has 0 aliphatic rings. The zero-order valence-electron chi connectivity index (χ0n) is 14.5. The molecule has 0 radical (unpaired) electrons. The molecule has 1 aromatic heterocycles. The molecule has 0 spiro atoms. The van der Waals surface area contributed by atoms with Gasteiger partial charge in [-0.15, -0.1) is 24.8 Å². The molecule has 0 fully saturated rings. The molecule has 0 saturated carbocycles. The van der Waals surface area contributed by atoms with Gasteiger partial charge >= 0.3 is 0 Å². The van der Waals surface area contributed by atoms with Crippen LogP contribution in [0.15, 0.2) is 36.9 Å². The van der Waals surface area contributed by atoms with Crippen molar-refractivity contribution in [3.63, 3.8) is 0 Å². The second-order valence-electron chi connectivity index (χ2n) is 5.97. The maximum atomic E-state index is 12.4. The minimum absolute atomic E-state index is 0. The number of nitro groups is 1. The van der Waals surface area contributed by atoms with Crippen LogP contribution in [0.1, 0.15) is 30.6 Å². The predicted octanol–water partition coefficient (Wildman–Crippen LogP) is 2.73. The largest absolute Gasteiger partial charge is 0.348 e. The fraction of sp³-hybridized carbons (Fsp3) is 0.375. The van der Waals surface area contributed by atoms with Gasteiger partial charge in [0.1, 0.15) is 5.69 Å². The van der Waals surface area contributed by atoms with E-state index >= 15 is 0 Å². The van der Waals surface area contributed by atoms with Gasteiger partial charge in [0.2, 0.25) is 0 Å². The van der Waals surface area contributed by atoms with Gasteiger partial charge in [-0.1, -0.05) is 13.8 Å². The van der Waals surface area contributed by atoms with Crippen molar-refractivity contribution < 1.29 is 9.72 Å². The maximum absolute atomic E-state index is 12.4. The Bertz CT molecular complexity index is 723. The van der Waals surface area contributed by atoms with Crippen molar-refractivity contribution in [1.29, 1.82) is 0 Å². The molecule has 1 unspecified atom stereocenters. The second-order valence-corrected chi connectivity index (χ2v) is 5.97. The van der Waals surface area contributed by atoms with Crippen LogP contribution in [0.25, 0.3) is 5.69 Å². The molecule has 3 N–H and O–H groups in total. The number of carbonyl (C=O) groups excluding carboxylic acids is 1. The third-order valence-electron chi connectivity index (χ3n) is 3.59. The number of nitrogens with two attached hydrogens (primary N) is 1. The van der Waals surface area contributed by atoms with Crippen LogP contribution in [0, 0.1) is 16.0 Å². The fourth-order valence-electron chi connectivity index (χ4n) is 2.48. The summed E-state index contributed by atoms with van der Waals surface area (Å²) >= 11 is 0. The van der Waals surface area contributed by atoms with Crippen molar-refractivity contribution >= 4 is 36.4 Å². The second kappa shape index (κ2) is 10.7. The molecule has 2 rings (SSSR count). The molecule has 2 aromatic rings. The number of nitrogens with zero attached hydrogens (tertiary/aromatic N) is 3. The number of aromatic nitrogens is 2. The number of imidazole rings is 1. The molecule has 1 aromatic carbocycles. The summed E-state index contributed by atoms with van der Waals surface area (Å²) in [7, 11) is 0. The van der Waals surface area contributed by atoms with E-state index in [0.29, 0.717) is 18.2 Å². The molecule has 1 amide bonds. The lowest BCUT2D eigenvalue weighted by molar-refractivity contribution is -0.384. The summed E-state index contributed by atoms with van der Waals surface area (Å²) in [5, 5.41) is 14.2. The van der Waals surface area contributed by atoms with Crippen molar-refractivity contribution in [3.05, 3.63) is 52.6 Å². The zero-order chi connectivity index (χ0) is 17.7. The summed E-state index contributed by atoms with van der Waals surface area (Å²) in [6.07, 6.45) is 5.35. The van der Waals surface area contributed by atoms with Gasteiger partial charge in [-0.3, -0.25) is 14.9 Å². The van der Waals surface area contributed by atoms with Crippen molar-refractivity contribution in [2.24, 2.45) is 11.7 Å². The van der Waals surface area contributed by atoms with Crippen molar-refractivity contribution in [1.82, 2.24) is 14.9 Å². The number of rotatable bonds is 7. The SMILES string of the molecule is CC(C)CC(CN)NC(=O)c1ccc(-n2ccnc2)c([N+](=O)[O-])c1.Cl.Cl. The highest BCUT2D eigenvalue weighted by Gasteiger charge is 2.20. The maximum Gasteiger partial charge on any atom is 0.294 e. The van der Waals surface area contributed by atoms with Crippen molar-refractivity contribution in [2.45, 2.75) is 26.3 Å². The predicted molar refractivity (Wildman–Crippen MR) is 104 cm³/mol. The fourth-order valence-corrected chi connectivity index (χ4v) is 2.48. The average molecular weight is 404 g/mol. The quantitative estimate of drug-likeness (QED) is 0.544. The van der Waals surface area contributed by atoms with Gasteiger partial charge in [-0.2, -0.15) is 0 Å². The summed E-state index contributed by atoms with van der Waals surface area (Å²) < 4.78 is 1.53. The number of amides is 1. The lowest BCUT2D eigenvalue weighted by Gasteiger charge is -2.19. The van der Waals surface area contributed by atoms with E-state index in [4.69, 9.17) is 5.73 Å². The average Bonchev–Trinajstić information content (AvgIpc) is 3.07. The van der Waals surface area contributed by atoms with Crippen molar-refractivity contribution in [3.8, 4) is 5.69 Å². The summed E-state index contributed by atoms with van der Waals surface area (Å²) in [5.41, 5.74) is 6.10. The molecule has 26 heavy (non-hydrogen) atoms. The molecule has 144 valence electrons. The number of benzene rings is 1. The minimum atomic E-state index is -0.513. The minimum Gasteiger partial charge on any atom is -0.348 e. The molecule has 0 saturated heterocycles. The van der Waals surface area contributed by atoms with Crippen molar-refractivity contribution in [2.75, 3.05) is 6.54 Å². The molecule has 0 bridgehead atoms. The van der Waals surface area contributed by atoms with E-state index in [1.54, 1.807) is 12.3 Å². The highest BCUT2D eigenvalue weighted by atomic mass is 35.5. The van der Waals surface area contributed by atoms with Gasteiger partial charge in [-0.25, -0.2) is 4.98 Å². The van der Waals surface area contributed by atoms with Crippen LogP contribution in [0.2, 0.25) is 0 Å². The lowest BCUT2D eigenvalue weighted by Crippen LogP contribution is -2.41. The molecule has 8 nitrogen and oxygen atoms in total. The Kier molecular flexibility index (Phi) is 9.85. The van der Waals surface area contributed by atoms with Crippen LogP contribution in [0.3, 0.4) is 0 Å². The first-order valence-electron chi connectivity index (χ1n) is 7.70. The molecule has 1 heterocycles. The first kappa shape index (κ1) is 23.8. The number of nitro benzene ring substituents is 1. The van der Waals surface area contributed by atoms with E-state index < -0.39 is 4.92 Å². The monoisotopic (exact) mass is 403 g/mol. The number of hydrogen-bond donors (Lipinski definition) is 2. The lowest BCUT2D eigenvalue weighted by atomic mass is 10.0. The number of nitrogens with one attached hydrogen (secondary N) is 1. The van der Waals surface area contributed by atoms with E-state index in [2.05, 4.69) is 10.3 Å². The standard InChI is InChI=1S/C16H21N5O3.2ClH/c1-11(2)7-13(9-17)19-16(22)12-3-4-14(15(8-12)21(23)24)20-6-5-18-10-20;;/h3-6,8,10-11,13H,7,9,17H2,1-2H3,(H,19,22);2*1H. The number of hydrogen-bond acceptors (Lipinski definition) is 5. The van der Waals surface area contributed by atoms with E-state index in [0.717, 1.165) is 6.42 Å². The Balaban J connectivity index is 0.00000312. The van der Waals surface area contributed by atoms with Crippen LogP contribution in [-0.4, -0.2) is 33.0 Å². The van der Waals surface area contributed by atoms with Crippen LogP contribution < -0.4 is 11.1 Å². The Morgan fingerprint density at radius 2 is 2.08 bits per heavy atom. The van der Waals surface area contributed by atoms with Gasteiger partial charge in [0.25, 0.3) is 11.6 Å². The first-order chi connectivity index (χ1) is 11.4. The van der Waals surface area contributed by atoms with E-state index in [1.807, 2.05) is 13.8 Å². The normalized spacial score (nSPS) is 11.2. The summed E-state index contributed by atoms with van der Waals surface area (Å²) in [6, 6.07) is 4.20. The molecule has 1 atom stereocenters. The highest BCUT2D eigenvalue weighted by molar-refractivity contribution is 5.95.